The van der Waals surface area contributed by atoms with Crippen LogP contribution >= 0.6 is 0 Å². The summed E-state index contributed by atoms with van der Waals surface area (Å²) in [6.45, 7) is 1.60. The average Bonchev–Trinajstić information content (AvgIpc) is 2.71. The Bertz CT molecular complexity index is 1080. The molecule has 1 amide bonds. The zero-order valence-corrected chi connectivity index (χ0v) is 15.7. The molecule has 144 valence electrons. The van der Waals surface area contributed by atoms with Gasteiger partial charge in [0.25, 0.3) is 5.56 Å². The Morgan fingerprint density at radius 2 is 1.82 bits per heavy atom. The number of carbonyl (C=O) groups excluding carboxylic acids is 2. The Balaban J connectivity index is 1.87. The second kappa shape index (κ2) is 8.43. The predicted molar refractivity (Wildman–Crippen MR) is 102 cm³/mol. The standard InChI is InChI=1S/C20H20N4O4/c1-14-7-3-4-8-15(14)11-23(13-19(26)28-2)18(25)12-24-20(27)16-9-5-6-10-17(16)21-22-24/h3-10H,11-13H2,1-2H3. The molecule has 2 aromatic carbocycles. The molecule has 0 saturated heterocycles. The highest BCUT2D eigenvalue weighted by Gasteiger charge is 2.20. The lowest BCUT2D eigenvalue weighted by Crippen LogP contribution is -2.40. The Kier molecular flexibility index (Phi) is 5.78. The van der Waals surface area contributed by atoms with Crippen LogP contribution in [0.15, 0.2) is 53.3 Å². The van der Waals surface area contributed by atoms with E-state index in [-0.39, 0.29) is 19.6 Å². The van der Waals surface area contributed by atoms with E-state index < -0.39 is 17.4 Å². The zero-order chi connectivity index (χ0) is 20.1. The van der Waals surface area contributed by atoms with Crippen molar-refractivity contribution in [2.24, 2.45) is 0 Å². The topological polar surface area (TPSA) is 94.4 Å². The van der Waals surface area contributed by atoms with E-state index in [1.54, 1.807) is 24.3 Å². The van der Waals surface area contributed by atoms with Gasteiger partial charge in [0.05, 0.1) is 12.5 Å². The van der Waals surface area contributed by atoms with Gasteiger partial charge in [-0.2, -0.15) is 0 Å². The number of carbonyl (C=O) groups is 2. The normalized spacial score (nSPS) is 10.6. The summed E-state index contributed by atoms with van der Waals surface area (Å²) >= 11 is 0. The summed E-state index contributed by atoms with van der Waals surface area (Å²) in [5.41, 5.74) is 1.94. The number of benzene rings is 2. The van der Waals surface area contributed by atoms with Crippen molar-refractivity contribution in [2.45, 2.75) is 20.0 Å². The van der Waals surface area contributed by atoms with Gasteiger partial charge in [-0.25, -0.2) is 4.68 Å². The molecule has 0 aliphatic rings. The van der Waals surface area contributed by atoms with Gasteiger partial charge in [0.2, 0.25) is 5.91 Å². The molecule has 3 rings (SSSR count). The van der Waals surface area contributed by atoms with Crippen LogP contribution in [-0.2, 0) is 27.4 Å². The third kappa shape index (κ3) is 4.22. The van der Waals surface area contributed by atoms with Gasteiger partial charge in [-0.05, 0) is 30.2 Å². The number of hydrogen-bond acceptors (Lipinski definition) is 6. The molecule has 0 aliphatic heterocycles. The highest BCUT2D eigenvalue weighted by atomic mass is 16.5. The summed E-state index contributed by atoms with van der Waals surface area (Å²) < 4.78 is 5.71. The number of fused-ring (bicyclic) bond motifs is 1. The van der Waals surface area contributed by atoms with Gasteiger partial charge in [-0.15, -0.1) is 5.10 Å². The fraction of sp³-hybridized carbons (Fsp3) is 0.250. The van der Waals surface area contributed by atoms with Crippen LogP contribution in [0.1, 0.15) is 11.1 Å². The second-order valence-electron chi connectivity index (χ2n) is 6.32. The second-order valence-corrected chi connectivity index (χ2v) is 6.32. The Morgan fingerprint density at radius 3 is 2.57 bits per heavy atom. The van der Waals surface area contributed by atoms with Crippen molar-refractivity contribution < 1.29 is 14.3 Å². The third-order valence-corrected chi connectivity index (χ3v) is 4.44. The average molecular weight is 380 g/mol. The zero-order valence-electron chi connectivity index (χ0n) is 15.7. The molecule has 0 atom stereocenters. The van der Waals surface area contributed by atoms with Crippen molar-refractivity contribution in [3.8, 4) is 0 Å². The van der Waals surface area contributed by atoms with E-state index in [1.807, 2.05) is 31.2 Å². The fourth-order valence-corrected chi connectivity index (χ4v) is 2.80. The number of amides is 1. The van der Waals surface area contributed by atoms with E-state index in [0.29, 0.717) is 10.9 Å². The molecule has 28 heavy (non-hydrogen) atoms. The smallest absolute Gasteiger partial charge is 0.325 e. The molecule has 0 fully saturated rings. The van der Waals surface area contributed by atoms with Crippen LogP contribution in [0.25, 0.3) is 10.9 Å². The fourth-order valence-electron chi connectivity index (χ4n) is 2.80. The number of ether oxygens (including phenoxy) is 1. The molecule has 0 aliphatic carbocycles. The molecular formula is C20H20N4O4. The van der Waals surface area contributed by atoms with Crippen LogP contribution < -0.4 is 5.56 Å². The van der Waals surface area contributed by atoms with E-state index in [2.05, 4.69) is 10.3 Å². The summed E-state index contributed by atoms with van der Waals surface area (Å²) in [7, 11) is 1.26. The monoisotopic (exact) mass is 380 g/mol. The minimum Gasteiger partial charge on any atom is -0.468 e. The van der Waals surface area contributed by atoms with Gasteiger partial charge in [-0.3, -0.25) is 14.4 Å². The summed E-state index contributed by atoms with van der Waals surface area (Å²) in [5, 5.41) is 8.20. The van der Waals surface area contributed by atoms with Crippen LogP contribution in [0.3, 0.4) is 0 Å². The molecule has 8 nitrogen and oxygen atoms in total. The molecule has 1 aromatic heterocycles. The molecule has 3 aromatic rings. The summed E-state index contributed by atoms with van der Waals surface area (Å²) in [5.74, 6) is -0.973. The first-order chi connectivity index (χ1) is 13.5. The Hall–Kier alpha value is -3.55. The highest BCUT2D eigenvalue weighted by Crippen LogP contribution is 2.11. The molecule has 0 saturated carbocycles. The molecule has 1 heterocycles. The molecule has 0 unspecified atom stereocenters. The molecular weight excluding hydrogens is 360 g/mol. The summed E-state index contributed by atoms with van der Waals surface area (Å²) in [4.78, 5) is 38.6. The maximum atomic E-state index is 12.9. The van der Waals surface area contributed by atoms with E-state index >= 15 is 0 Å². The quantitative estimate of drug-likeness (QED) is 0.599. The van der Waals surface area contributed by atoms with Gasteiger partial charge >= 0.3 is 5.97 Å². The van der Waals surface area contributed by atoms with Crippen LogP contribution in [-0.4, -0.2) is 45.4 Å². The molecule has 8 heteroatoms. The van der Waals surface area contributed by atoms with Crippen LogP contribution in [0, 0.1) is 6.92 Å². The van der Waals surface area contributed by atoms with Crippen LogP contribution in [0.5, 0.6) is 0 Å². The largest absolute Gasteiger partial charge is 0.468 e. The third-order valence-electron chi connectivity index (χ3n) is 4.44. The molecule has 0 N–H and O–H groups in total. The Morgan fingerprint density at radius 1 is 1.11 bits per heavy atom. The SMILES string of the molecule is COC(=O)CN(Cc1ccccc1C)C(=O)Cn1nnc2ccccc2c1=O. The number of aromatic nitrogens is 3. The summed E-state index contributed by atoms with van der Waals surface area (Å²) in [6.07, 6.45) is 0. The van der Waals surface area contributed by atoms with Gasteiger partial charge in [0.15, 0.2) is 0 Å². The maximum absolute atomic E-state index is 12.9. The van der Waals surface area contributed by atoms with Gasteiger partial charge in [0.1, 0.15) is 18.6 Å². The van der Waals surface area contributed by atoms with Crippen molar-refractivity contribution in [3.05, 3.63) is 70.0 Å². The minimum absolute atomic E-state index is 0.219. The lowest BCUT2D eigenvalue weighted by molar-refractivity contribution is -0.147. The highest BCUT2D eigenvalue weighted by molar-refractivity contribution is 5.82. The molecule has 0 radical (unpaired) electrons. The summed E-state index contributed by atoms with van der Waals surface area (Å²) in [6, 6.07) is 14.4. The van der Waals surface area contributed by atoms with Crippen molar-refractivity contribution in [1.29, 1.82) is 0 Å². The lowest BCUT2D eigenvalue weighted by atomic mass is 10.1. The maximum Gasteiger partial charge on any atom is 0.325 e. The van der Waals surface area contributed by atoms with Crippen molar-refractivity contribution in [3.63, 3.8) is 0 Å². The van der Waals surface area contributed by atoms with Crippen molar-refractivity contribution in [1.82, 2.24) is 19.9 Å². The number of hydrogen-bond donors (Lipinski definition) is 0. The van der Waals surface area contributed by atoms with Crippen molar-refractivity contribution >= 4 is 22.8 Å². The number of methoxy groups -OCH3 is 1. The van der Waals surface area contributed by atoms with E-state index in [1.165, 1.54) is 12.0 Å². The molecule has 0 bridgehead atoms. The lowest BCUT2D eigenvalue weighted by Gasteiger charge is -2.22. The first-order valence-corrected chi connectivity index (χ1v) is 8.71. The minimum atomic E-state index is -0.543. The first-order valence-electron chi connectivity index (χ1n) is 8.71. The van der Waals surface area contributed by atoms with Crippen molar-refractivity contribution in [2.75, 3.05) is 13.7 Å². The van der Waals surface area contributed by atoms with E-state index in [4.69, 9.17) is 4.74 Å². The number of nitrogens with zero attached hydrogens (tertiary/aromatic N) is 4. The van der Waals surface area contributed by atoms with E-state index in [0.717, 1.165) is 15.8 Å². The Labute approximate surface area is 161 Å². The predicted octanol–water partition coefficient (Wildman–Crippen LogP) is 1.30. The van der Waals surface area contributed by atoms with Gasteiger partial charge in [0, 0.05) is 6.54 Å². The van der Waals surface area contributed by atoms with Gasteiger partial charge < -0.3 is 9.64 Å². The first kappa shape index (κ1) is 19.2. The molecule has 0 spiro atoms. The number of rotatable bonds is 6. The van der Waals surface area contributed by atoms with Crippen LogP contribution in [0.4, 0.5) is 0 Å². The van der Waals surface area contributed by atoms with Crippen LogP contribution in [0.2, 0.25) is 0 Å². The number of esters is 1. The van der Waals surface area contributed by atoms with E-state index in [9.17, 15) is 14.4 Å². The van der Waals surface area contributed by atoms with Gasteiger partial charge in [-0.1, -0.05) is 41.6 Å². The number of aryl methyl sites for hydroxylation is 1.